The second kappa shape index (κ2) is 11.6. The highest BCUT2D eigenvalue weighted by molar-refractivity contribution is 6.02. The van der Waals surface area contributed by atoms with Crippen LogP contribution in [0.4, 0.5) is 28.9 Å². The molecule has 11 nitrogen and oxygen atoms in total. The van der Waals surface area contributed by atoms with Crippen molar-refractivity contribution in [1.82, 2.24) is 25.5 Å². The van der Waals surface area contributed by atoms with E-state index in [0.29, 0.717) is 22.3 Å². The molecule has 0 spiro atoms. The minimum Gasteiger partial charge on any atom is -0.489 e. The fourth-order valence-electron chi connectivity index (χ4n) is 5.19. The average Bonchev–Trinajstić information content (AvgIpc) is 3.41. The van der Waals surface area contributed by atoms with Crippen molar-refractivity contribution < 1.29 is 37.0 Å². The monoisotopic (exact) mass is 647 g/mol. The molecule has 0 aliphatic carbocycles. The molecule has 2 amide bonds. The summed E-state index contributed by atoms with van der Waals surface area (Å²) in [6, 6.07) is 13.3. The number of nitrogens with zero attached hydrogens (tertiary/aromatic N) is 4. The van der Waals surface area contributed by atoms with Gasteiger partial charge in [-0.25, -0.2) is 9.37 Å². The van der Waals surface area contributed by atoms with Crippen LogP contribution in [-0.4, -0.2) is 56.4 Å². The number of pyridine rings is 2. The summed E-state index contributed by atoms with van der Waals surface area (Å²) < 4.78 is 63.8. The van der Waals surface area contributed by atoms with Gasteiger partial charge in [0.25, 0.3) is 5.91 Å². The van der Waals surface area contributed by atoms with Gasteiger partial charge in [0, 0.05) is 28.3 Å². The van der Waals surface area contributed by atoms with E-state index in [9.17, 15) is 32.3 Å². The van der Waals surface area contributed by atoms with Crippen molar-refractivity contribution in [2.75, 3.05) is 18.5 Å². The minimum absolute atomic E-state index is 0.0376. The third-order valence-electron chi connectivity index (χ3n) is 7.96. The Morgan fingerprint density at radius 3 is 2.51 bits per heavy atom. The number of aliphatic hydroxyl groups is 1. The number of nitrogens with one attached hydrogen (secondary N) is 2. The standard InChI is InChI=1S/C32H25F4N7O4/c1-30(29(37)45)16-47-27-22(30)13-24(43-26(27)17-4-6-20(33)7-5-17)31(46,32(34,35)36)15-39-28(44)19-11-18-3-2-9-38-25(18)23(12-19)42-21-8-10-40-41-14-21/h2-14,46H,15-16H2,1H3,(H2,37,45)(H,39,44)(H,40,42)/t30-,31?/m0/s1. The van der Waals surface area contributed by atoms with Gasteiger partial charge < -0.3 is 26.2 Å². The normalized spacial score (nSPS) is 17.0. The third kappa shape index (κ3) is 5.65. The molecule has 0 fully saturated rings. The first kappa shape index (κ1) is 31.3. The van der Waals surface area contributed by atoms with Crippen molar-refractivity contribution in [2.24, 2.45) is 5.73 Å². The number of hydrogen-bond donors (Lipinski definition) is 4. The Labute approximate surface area is 263 Å². The first-order valence-electron chi connectivity index (χ1n) is 14.0. The van der Waals surface area contributed by atoms with Crippen LogP contribution in [0.25, 0.3) is 22.2 Å². The van der Waals surface area contributed by atoms with Gasteiger partial charge in [0.15, 0.2) is 0 Å². The van der Waals surface area contributed by atoms with Crippen LogP contribution < -0.4 is 21.1 Å². The minimum atomic E-state index is -5.38. The largest absolute Gasteiger partial charge is 0.489 e. The van der Waals surface area contributed by atoms with Crippen molar-refractivity contribution in [1.29, 1.82) is 0 Å². The number of anilines is 2. The molecular weight excluding hydrogens is 622 g/mol. The number of hydrogen-bond acceptors (Lipinski definition) is 9. The molecule has 5 N–H and O–H groups in total. The highest BCUT2D eigenvalue weighted by Crippen LogP contribution is 2.47. The maximum absolute atomic E-state index is 14.8. The quantitative estimate of drug-likeness (QED) is 0.180. The summed E-state index contributed by atoms with van der Waals surface area (Å²) in [5, 5.41) is 24.6. The molecular formula is C32H25F4N7O4. The molecule has 240 valence electrons. The smallest absolute Gasteiger partial charge is 0.424 e. The molecule has 2 aromatic carbocycles. The summed E-state index contributed by atoms with van der Waals surface area (Å²) in [5.41, 5.74) is 0.589. The zero-order valence-corrected chi connectivity index (χ0v) is 24.5. The molecule has 1 aliphatic heterocycles. The first-order valence-corrected chi connectivity index (χ1v) is 14.0. The number of aromatic nitrogens is 4. The van der Waals surface area contributed by atoms with Gasteiger partial charge in [0.1, 0.15) is 29.3 Å². The molecule has 0 bridgehead atoms. The van der Waals surface area contributed by atoms with Crippen molar-refractivity contribution >= 4 is 34.1 Å². The van der Waals surface area contributed by atoms with Crippen molar-refractivity contribution in [3.05, 3.63) is 102 Å². The van der Waals surface area contributed by atoms with E-state index in [4.69, 9.17) is 10.5 Å². The van der Waals surface area contributed by atoms with Crippen molar-refractivity contribution in [2.45, 2.75) is 24.1 Å². The van der Waals surface area contributed by atoms with Crippen LogP contribution >= 0.6 is 0 Å². The summed E-state index contributed by atoms with van der Waals surface area (Å²) in [6.07, 6.45) is -0.958. The molecule has 47 heavy (non-hydrogen) atoms. The molecule has 1 unspecified atom stereocenters. The number of nitrogens with two attached hydrogens (primary N) is 1. The Morgan fingerprint density at radius 2 is 1.83 bits per heavy atom. The van der Waals surface area contributed by atoms with E-state index >= 15 is 0 Å². The number of fused-ring (bicyclic) bond motifs is 2. The molecule has 1 aliphatic rings. The zero-order valence-electron chi connectivity index (χ0n) is 24.5. The molecule has 2 atom stereocenters. The number of amides is 2. The van der Waals surface area contributed by atoms with Crippen molar-refractivity contribution in [3.63, 3.8) is 0 Å². The van der Waals surface area contributed by atoms with Gasteiger partial charge in [0.05, 0.1) is 41.5 Å². The SMILES string of the molecule is C[C@]1(C(N)=O)COc2c1cc(C(O)(CNC(=O)c1cc(Nc3ccnnc3)c3ncccc3c1)C(F)(F)F)nc2-c1ccc(F)cc1. The van der Waals surface area contributed by atoms with E-state index in [1.807, 2.05) is 0 Å². The summed E-state index contributed by atoms with van der Waals surface area (Å²) in [4.78, 5) is 34.3. The summed E-state index contributed by atoms with van der Waals surface area (Å²) >= 11 is 0. The maximum atomic E-state index is 14.8. The predicted molar refractivity (Wildman–Crippen MR) is 161 cm³/mol. The van der Waals surface area contributed by atoms with Gasteiger partial charge in [0.2, 0.25) is 11.5 Å². The predicted octanol–water partition coefficient (Wildman–Crippen LogP) is 4.28. The number of rotatable bonds is 8. The lowest BCUT2D eigenvalue weighted by Crippen LogP contribution is -2.51. The first-order chi connectivity index (χ1) is 22.3. The lowest BCUT2D eigenvalue weighted by Gasteiger charge is -2.31. The average molecular weight is 648 g/mol. The molecule has 0 saturated heterocycles. The Balaban J connectivity index is 1.40. The van der Waals surface area contributed by atoms with Crippen LogP contribution in [0.1, 0.15) is 28.5 Å². The number of ether oxygens (including phenoxy) is 1. The fraction of sp³-hybridized carbons (Fsp3) is 0.188. The van der Waals surface area contributed by atoms with Crippen LogP contribution in [-0.2, 0) is 15.8 Å². The number of benzene rings is 2. The molecule has 0 radical (unpaired) electrons. The highest BCUT2D eigenvalue weighted by Gasteiger charge is 2.57. The second-order valence-electron chi connectivity index (χ2n) is 11.1. The van der Waals surface area contributed by atoms with Crippen LogP contribution in [0.3, 0.4) is 0 Å². The molecule has 4 heterocycles. The number of alkyl halides is 3. The van der Waals surface area contributed by atoms with Crippen molar-refractivity contribution in [3.8, 4) is 17.0 Å². The number of carbonyl (C=O) groups excluding carboxylic acids is 2. The third-order valence-corrected chi connectivity index (χ3v) is 7.96. The van der Waals surface area contributed by atoms with Crippen LogP contribution in [0.2, 0.25) is 0 Å². The van der Waals surface area contributed by atoms with E-state index in [-0.39, 0.29) is 34.7 Å². The fourth-order valence-corrected chi connectivity index (χ4v) is 5.19. The molecule has 3 aromatic heterocycles. The molecule has 5 aromatic rings. The Hall–Kier alpha value is -5.70. The summed E-state index contributed by atoms with van der Waals surface area (Å²) in [5.74, 6) is -2.48. The van der Waals surface area contributed by atoms with Gasteiger partial charge in [-0.3, -0.25) is 14.6 Å². The van der Waals surface area contributed by atoms with Gasteiger partial charge in [-0.15, -0.1) is 0 Å². The van der Waals surface area contributed by atoms with Gasteiger partial charge in [-0.2, -0.15) is 23.4 Å². The maximum Gasteiger partial charge on any atom is 0.424 e. The lowest BCUT2D eigenvalue weighted by atomic mass is 9.81. The lowest BCUT2D eigenvalue weighted by molar-refractivity contribution is -0.265. The Morgan fingerprint density at radius 1 is 1.06 bits per heavy atom. The van der Waals surface area contributed by atoms with Gasteiger partial charge in [-0.1, -0.05) is 6.07 Å². The van der Waals surface area contributed by atoms with Crippen LogP contribution in [0.15, 0.2) is 79.3 Å². The molecule has 15 heteroatoms. The van der Waals surface area contributed by atoms with E-state index in [1.54, 1.807) is 24.4 Å². The van der Waals surface area contributed by atoms with Crippen LogP contribution in [0, 0.1) is 5.82 Å². The summed E-state index contributed by atoms with van der Waals surface area (Å²) in [6.45, 7) is -0.281. The number of primary amides is 1. The Kier molecular flexibility index (Phi) is 7.71. The second-order valence-corrected chi connectivity index (χ2v) is 11.1. The van der Waals surface area contributed by atoms with E-state index in [0.717, 1.165) is 18.2 Å². The number of halogens is 4. The van der Waals surface area contributed by atoms with E-state index < -0.39 is 47.1 Å². The topological polar surface area (TPSA) is 165 Å². The van der Waals surface area contributed by atoms with E-state index in [2.05, 4.69) is 30.8 Å². The van der Waals surface area contributed by atoms with E-state index in [1.165, 1.54) is 43.6 Å². The zero-order chi connectivity index (χ0) is 33.6. The number of carbonyl (C=O) groups is 2. The molecule has 6 rings (SSSR count). The summed E-state index contributed by atoms with van der Waals surface area (Å²) in [7, 11) is 0. The highest BCUT2D eigenvalue weighted by atomic mass is 19.4. The van der Waals surface area contributed by atoms with Gasteiger partial charge in [-0.05, 0) is 61.5 Å². The molecule has 0 saturated carbocycles. The van der Waals surface area contributed by atoms with Gasteiger partial charge >= 0.3 is 6.18 Å². The Bertz CT molecular complexity index is 2010. The van der Waals surface area contributed by atoms with Crippen LogP contribution in [0.5, 0.6) is 5.75 Å².